The molecule has 1 aliphatic carbocycles. The third-order valence-corrected chi connectivity index (χ3v) is 3.41. The van der Waals surface area contributed by atoms with Gasteiger partial charge in [-0.15, -0.1) is 0 Å². The fourth-order valence-corrected chi connectivity index (χ4v) is 2.37. The van der Waals surface area contributed by atoms with Crippen LogP contribution in [0.2, 0.25) is 0 Å². The van der Waals surface area contributed by atoms with Crippen LogP contribution in [0.15, 0.2) is 0 Å². The van der Waals surface area contributed by atoms with Crippen LogP contribution in [0.4, 0.5) is 0 Å². The van der Waals surface area contributed by atoms with Crippen LogP contribution in [0, 0.1) is 5.92 Å². The number of hydrogen-bond acceptors (Lipinski definition) is 2. The van der Waals surface area contributed by atoms with Crippen molar-refractivity contribution in [2.75, 3.05) is 6.54 Å². The molecule has 2 aliphatic rings. The highest BCUT2D eigenvalue weighted by Crippen LogP contribution is 2.29. The van der Waals surface area contributed by atoms with E-state index in [-0.39, 0.29) is 0 Å². The Balaban J connectivity index is 1.62. The summed E-state index contributed by atoms with van der Waals surface area (Å²) < 4.78 is 0. The van der Waals surface area contributed by atoms with E-state index in [1.54, 1.807) is 0 Å². The molecule has 2 fully saturated rings. The molecular formula is C11H22N2. The van der Waals surface area contributed by atoms with Crippen molar-refractivity contribution in [3.8, 4) is 0 Å². The summed E-state index contributed by atoms with van der Waals surface area (Å²) in [5, 5.41) is 7.24. The van der Waals surface area contributed by atoms with Crippen molar-refractivity contribution in [2.24, 2.45) is 5.92 Å². The number of rotatable bonds is 4. The largest absolute Gasteiger partial charge is 0.314 e. The number of hydrogen-bond donors (Lipinski definition) is 2. The van der Waals surface area contributed by atoms with Crippen LogP contribution in [0.1, 0.15) is 39.5 Å². The molecular weight excluding hydrogens is 160 g/mol. The third-order valence-electron chi connectivity index (χ3n) is 3.41. The molecule has 1 saturated heterocycles. The third kappa shape index (κ3) is 2.68. The topological polar surface area (TPSA) is 24.1 Å². The average molecular weight is 182 g/mol. The highest BCUT2D eigenvalue weighted by atomic mass is 15.0. The summed E-state index contributed by atoms with van der Waals surface area (Å²) in [7, 11) is 0. The molecule has 76 valence electrons. The van der Waals surface area contributed by atoms with Crippen molar-refractivity contribution in [3.63, 3.8) is 0 Å². The maximum atomic E-state index is 3.69. The van der Waals surface area contributed by atoms with Gasteiger partial charge in [0.1, 0.15) is 0 Å². The lowest BCUT2D eigenvalue weighted by Gasteiger charge is -2.18. The first kappa shape index (κ1) is 9.47. The molecule has 1 saturated carbocycles. The molecule has 4 unspecified atom stereocenters. The molecule has 0 aromatic carbocycles. The zero-order valence-electron chi connectivity index (χ0n) is 8.84. The first-order chi connectivity index (χ1) is 6.25. The minimum Gasteiger partial charge on any atom is -0.314 e. The lowest BCUT2D eigenvalue weighted by atomic mass is 10.1. The van der Waals surface area contributed by atoms with E-state index >= 15 is 0 Å². The lowest BCUT2D eigenvalue weighted by Crippen LogP contribution is -2.35. The normalized spacial score (nSPS) is 40.6. The summed E-state index contributed by atoms with van der Waals surface area (Å²) in [4.78, 5) is 0. The van der Waals surface area contributed by atoms with Crippen LogP contribution >= 0.6 is 0 Å². The van der Waals surface area contributed by atoms with Crippen LogP contribution in [-0.4, -0.2) is 24.7 Å². The highest BCUT2D eigenvalue weighted by molar-refractivity contribution is 4.92. The van der Waals surface area contributed by atoms with Gasteiger partial charge in [0.15, 0.2) is 0 Å². The second-order valence-electron chi connectivity index (χ2n) is 4.92. The summed E-state index contributed by atoms with van der Waals surface area (Å²) in [6.07, 6.45) is 5.45. The standard InChI is InChI=1S/C11H22N2/c1-8-6-11(8)13-9(2)7-10-4-3-5-12-10/h8-13H,3-7H2,1-2H3. The SMILES string of the molecule is CC(CC1CCCN1)NC1CC1C. The predicted octanol–water partition coefficient (Wildman–Crippen LogP) is 1.51. The van der Waals surface area contributed by atoms with E-state index in [1.165, 1.54) is 32.2 Å². The Hall–Kier alpha value is -0.0800. The molecule has 0 spiro atoms. The molecule has 0 aromatic rings. The first-order valence-electron chi connectivity index (χ1n) is 5.75. The van der Waals surface area contributed by atoms with Crippen LogP contribution in [-0.2, 0) is 0 Å². The maximum absolute atomic E-state index is 3.69. The van der Waals surface area contributed by atoms with E-state index in [0.29, 0.717) is 6.04 Å². The van der Waals surface area contributed by atoms with Gasteiger partial charge >= 0.3 is 0 Å². The van der Waals surface area contributed by atoms with E-state index in [0.717, 1.165) is 18.0 Å². The average Bonchev–Trinajstić information content (AvgIpc) is 2.61. The minimum atomic E-state index is 0.700. The van der Waals surface area contributed by atoms with Crippen molar-refractivity contribution >= 4 is 0 Å². The molecule has 1 heterocycles. The Morgan fingerprint density at radius 1 is 1.54 bits per heavy atom. The van der Waals surface area contributed by atoms with Gasteiger partial charge in [-0.1, -0.05) is 6.92 Å². The van der Waals surface area contributed by atoms with E-state index in [9.17, 15) is 0 Å². The van der Waals surface area contributed by atoms with Crippen molar-refractivity contribution in [2.45, 2.75) is 57.7 Å². The minimum absolute atomic E-state index is 0.700. The molecule has 2 N–H and O–H groups in total. The smallest absolute Gasteiger partial charge is 0.00988 e. The van der Waals surface area contributed by atoms with Gasteiger partial charge in [-0.05, 0) is 45.1 Å². The maximum Gasteiger partial charge on any atom is 0.00988 e. The summed E-state index contributed by atoms with van der Waals surface area (Å²) >= 11 is 0. The highest BCUT2D eigenvalue weighted by Gasteiger charge is 2.33. The Morgan fingerprint density at radius 2 is 2.31 bits per heavy atom. The second kappa shape index (κ2) is 3.97. The van der Waals surface area contributed by atoms with E-state index in [2.05, 4.69) is 24.5 Å². The second-order valence-corrected chi connectivity index (χ2v) is 4.92. The molecule has 2 nitrogen and oxygen atoms in total. The molecule has 4 atom stereocenters. The molecule has 1 aliphatic heterocycles. The Morgan fingerprint density at radius 3 is 2.85 bits per heavy atom. The first-order valence-corrected chi connectivity index (χ1v) is 5.75. The lowest BCUT2D eigenvalue weighted by molar-refractivity contribution is 0.433. The molecule has 0 aromatic heterocycles. The van der Waals surface area contributed by atoms with Crippen LogP contribution < -0.4 is 10.6 Å². The Kier molecular flexibility index (Phi) is 2.89. The van der Waals surface area contributed by atoms with Crippen molar-refractivity contribution in [3.05, 3.63) is 0 Å². The van der Waals surface area contributed by atoms with Gasteiger partial charge in [0, 0.05) is 18.1 Å². The fraction of sp³-hybridized carbons (Fsp3) is 1.00. The fourth-order valence-electron chi connectivity index (χ4n) is 2.37. The molecule has 0 radical (unpaired) electrons. The van der Waals surface area contributed by atoms with E-state index in [1.807, 2.05) is 0 Å². The van der Waals surface area contributed by atoms with Gasteiger partial charge in [0.05, 0.1) is 0 Å². The molecule has 0 amide bonds. The van der Waals surface area contributed by atoms with E-state index in [4.69, 9.17) is 0 Å². The van der Waals surface area contributed by atoms with Crippen LogP contribution in [0.25, 0.3) is 0 Å². The van der Waals surface area contributed by atoms with Gasteiger partial charge in [-0.2, -0.15) is 0 Å². The van der Waals surface area contributed by atoms with Gasteiger partial charge in [0.25, 0.3) is 0 Å². The van der Waals surface area contributed by atoms with Crippen LogP contribution in [0.3, 0.4) is 0 Å². The number of nitrogens with one attached hydrogen (secondary N) is 2. The van der Waals surface area contributed by atoms with Gasteiger partial charge in [-0.25, -0.2) is 0 Å². The van der Waals surface area contributed by atoms with E-state index < -0.39 is 0 Å². The zero-order valence-corrected chi connectivity index (χ0v) is 8.84. The molecule has 13 heavy (non-hydrogen) atoms. The summed E-state index contributed by atoms with van der Waals surface area (Å²) in [6.45, 7) is 5.89. The summed E-state index contributed by atoms with van der Waals surface area (Å²) in [6, 6.07) is 2.32. The molecule has 2 rings (SSSR count). The van der Waals surface area contributed by atoms with Crippen LogP contribution in [0.5, 0.6) is 0 Å². The summed E-state index contributed by atoms with van der Waals surface area (Å²) in [5.74, 6) is 0.930. The Bertz CT molecular complexity index is 163. The molecule has 0 bridgehead atoms. The van der Waals surface area contributed by atoms with Gasteiger partial charge < -0.3 is 10.6 Å². The van der Waals surface area contributed by atoms with Gasteiger partial charge in [0.2, 0.25) is 0 Å². The summed E-state index contributed by atoms with van der Waals surface area (Å²) in [5.41, 5.74) is 0. The predicted molar refractivity (Wildman–Crippen MR) is 55.8 cm³/mol. The quantitative estimate of drug-likeness (QED) is 0.689. The van der Waals surface area contributed by atoms with Crippen molar-refractivity contribution in [1.29, 1.82) is 0 Å². The molecule has 2 heteroatoms. The van der Waals surface area contributed by atoms with Crippen molar-refractivity contribution in [1.82, 2.24) is 10.6 Å². The Labute approximate surface area is 81.5 Å². The zero-order chi connectivity index (χ0) is 9.26. The van der Waals surface area contributed by atoms with Crippen molar-refractivity contribution < 1.29 is 0 Å². The monoisotopic (exact) mass is 182 g/mol. The van der Waals surface area contributed by atoms with Gasteiger partial charge in [-0.3, -0.25) is 0 Å².